The Hall–Kier alpha value is -1.66. The highest BCUT2D eigenvalue weighted by Gasteiger charge is 2.31. The summed E-state index contributed by atoms with van der Waals surface area (Å²) in [6.45, 7) is 1.15. The van der Waals surface area contributed by atoms with Gasteiger partial charge in [-0.25, -0.2) is 9.78 Å². The summed E-state index contributed by atoms with van der Waals surface area (Å²) in [7, 11) is 5.67. The average Bonchev–Trinajstić information content (AvgIpc) is 3.22. The maximum atomic E-state index is 12.1. The molecule has 0 aliphatic heterocycles. The summed E-state index contributed by atoms with van der Waals surface area (Å²) in [5, 5.41) is 12.6. The van der Waals surface area contributed by atoms with E-state index in [0.717, 1.165) is 24.9 Å². The minimum Gasteiger partial charge on any atom is -0.391 e. The summed E-state index contributed by atoms with van der Waals surface area (Å²) < 4.78 is 0. The molecule has 1 heterocycles. The van der Waals surface area contributed by atoms with Crippen molar-refractivity contribution in [3.05, 3.63) is 23.9 Å². The highest BCUT2D eigenvalue weighted by Crippen LogP contribution is 2.32. The molecule has 1 aliphatic rings. The van der Waals surface area contributed by atoms with Crippen LogP contribution in [-0.4, -0.2) is 59.7 Å². The summed E-state index contributed by atoms with van der Waals surface area (Å²) >= 11 is 0. The van der Waals surface area contributed by atoms with Crippen molar-refractivity contribution >= 4 is 11.8 Å². The largest absolute Gasteiger partial charge is 0.391 e. The minimum atomic E-state index is -0.422. The molecule has 1 unspecified atom stereocenters. The second-order valence-electron chi connectivity index (χ2n) is 6.00. The fourth-order valence-electron chi connectivity index (χ4n) is 2.20. The molecule has 1 saturated carbocycles. The van der Waals surface area contributed by atoms with Gasteiger partial charge < -0.3 is 14.9 Å². The number of amides is 2. The molecule has 0 saturated heterocycles. The highest BCUT2D eigenvalue weighted by atomic mass is 16.3. The fourth-order valence-corrected chi connectivity index (χ4v) is 2.20. The first-order chi connectivity index (χ1) is 9.95. The molecular weight excluding hydrogens is 268 g/mol. The number of hydrogen-bond donors (Lipinski definition) is 2. The molecular formula is C15H24N4O2. The third kappa shape index (κ3) is 4.99. The maximum Gasteiger partial charge on any atom is 0.322 e. The van der Waals surface area contributed by atoms with Gasteiger partial charge in [0.1, 0.15) is 5.82 Å². The number of carbonyl (C=O) groups excluding carboxylic acids is 1. The van der Waals surface area contributed by atoms with Crippen LogP contribution >= 0.6 is 0 Å². The van der Waals surface area contributed by atoms with Crippen LogP contribution in [-0.2, 0) is 6.54 Å². The monoisotopic (exact) mass is 292 g/mol. The van der Waals surface area contributed by atoms with Crippen LogP contribution in [0.25, 0.3) is 0 Å². The van der Waals surface area contributed by atoms with Crippen LogP contribution in [0.15, 0.2) is 18.3 Å². The predicted octanol–water partition coefficient (Wildman–Crippen LogP) is 1.38. The van der Waals surface area contributed by atoms with Crippen LogP contribution in [0.4, 0.5) is 10.6 Å². The molecule has 1 aromatic rings. The van der Waals surface area contributed by atoms with Crippen molar-refractivity contribution < 1.29 is 9.90 Å². The van der Waals surface area contributed by atoms with Gasteiger partial charge in [-0.2, -0.15) is 0 Å². The van der Waals surface area contributed by atoms with Crippen molar-refractivity contribution in [1.82, 2.24) is 14.8 Å². The lowest BCUT2D eigenvalue weighted by atomic mass is 10.2. The molecule has 2 amide bonds. The van der Waals surface area contributed by atoms with E-state index in [9.17, 15) is 9.90 Å². The Balaban J connectivity index is 1.88. The van der Waals surface area contributed by atoms with Crippen LogP contribution < -0.4 is 5.32 Å². The topological polar surface area (TPSA) is 68.7 Å². The van der Waals surface area contributed by atoms with Gasteiger partial charge in [-0.15, -0.1) is 0 Å². The van der Waals surface area contributed by atoms with E-state index in [2.05, 4.69) is 15.2 Å². The first-order valence-corrected chi connectivity index (χ1v) is 7.25. The number of urea groups is 1. The zero-order valence-corrected chi connectivity index (χ0v) is 12.9. The number of likely N-dealkylation sites (N-methyl/N-ethyl adjacent to an activating group) is 1. The Kier molecular flexibility index (Phi) is 5.14. The molecule has 2 N–H and O–H groups in total. The van der Waals surface area contributed by atoms with E-state index in [1.807, 2.05) is 26.2 Å². The first kappa shape index (κ1) is 15.7. The molecule has 0 bridgehead atoms. The van der Waals surface area contributed by atoms with E-state index in [-0.39, 0.29) is 6.03 Å². The summed E-state index contributed by atoms with van der Waals surface area (Å²) in [4.78, 5) is 19.8. The quantitative estimate of drug-likeness (QED) is 0.831. The maximum absolute atomic E-state index is 12.1. The molecule has 1 aliphatic carbocycles. The van der Waals surface area contributed by atoms with E-state index < -0.39 is 6.10 Å². The van der Waals surface area contributed by atoms with Crippen molar-refractivity contribution in [3.8, 4) is 0 Å². The van der Waals surface area contributed by atoms with Crippen LogP contribution in [0.1, 0.15) is 18.4 Å². The molecule has 21 heavy (non-hydrogen) atoms. The van der Waals surface area contributed by atoms with Crippen LogP contribution in [0, 0.1) is 5.92 Å². The second kappa shape index (κ2) is 6.87. The van der Waals surface area contributed by atoms with Crippen molar-refractivity contribution in [2.45, 2.75) is 25.5 Å². The van der Waals surface area contributed by atoms with E-state index in [4.69, 9.17) is 0 Å². The van der Waals surface area contributed by atoms with Gasteiger partial charge in [0.15, 0.2) is 0 Å². The van der Waals surface area contributed by atoms with Crippen LogP contribution in [0.2, 0.25) is 0 Å². The number of pyridine rings is 1. The summed E-state index contributed by atoms with van der Waals surface area (Å²) in [5.74, 6) is 0.897. The summed E-state index contributed by atoms with van der Waals surface area (Å²) in [5.41, 5.74) is 1.09. The summed E-state index contributed by atoms with van der Waals surface area (Å²) in [6, 6.07) is 3.54. The SMILES string of the molecule is CN(C)Cc1ccnc(NC(=O)N(C)CC(O)C2CC2)c1. The molecule has 6 heteroatoms. The molecule has 0 aromatic carbocycles. The van der Waals surface area contributed by atoms with Gasteiger partial charge in [0.25, 0.3) is 0 Å². The van der Waals surface area contributed by atoms with Crippen molar-refractivity contribution in [1.29, 1.82) is 0 Å². The van der Waals surface area contributed by atoms with Gasteiger partial charge >= 0.3 is 6.03 Å². The number of anilines is 1. The van der Waals surface area contributed by atoms with Gasteiger partial charge in [0, 0.05) is 26.3 Å². The number of carbonyl (C=O) groups is 1. The second-order valence-corrected chi connectivity index (χ2v) is 6.00. The number of hydrogen-bond acceptors (Lipinski definition) is 4. The summed E-state index contributed by atoms with van der Waals surface area (Å²) in [6.07, 6.45) is 3.39. The van der Waals surface area contributed by atoms with Gasteiger partial charge in [-0.3, -0.25) is 5.32 Å². The van der Waals surface area contributed by atoms with Gasteiger partial charge in [0.05, 0.1) is 6.10 Å². The highest BCUT2D eigenvalue weighted by molar-refractivity contribution is 5.88. The number of aliphatic hydroxyl groups excluding tert-OH is 1. The molecule has 0 radical (unpaired) electrons. The van der Waals surface area contributed by atoms with Crippen molar-refractivity contribution in [2.75, 3.05) is 33.0 Å². The standard InChI is InChI=1S/C15H24N4O2/c1-18(2)9-11-6-7-16-14(8-11)17-15(21)19(3)10-13(20)12-4-5-12/h6-8,12-13,20H,4-5,9-10H2,1-3H3,(H,16,17,21). The number of nitrogens with one attached hydrogen (secondary N) is 1. The average molecular weight is 292 g/mol. The van der Waals surface area contributed by atoms with E-state index >= 15 is 0 Å². The Labute approximate surface area is 125 Å². The van der Waals surface area contributed by atoms with Gasteiger partial charge in [0.2, 0.25) is 0 Å². The Morgan fingerprint density at radius 3 is 2.81 bits per heavy atom. The number of nitrogens with zero attached hydrogens (tertiary/aromatic N) is 3. The van der Waals surface area contributed by atoms with Crippen LogP contribution in [0.3, 0.4) is 0 Å². The Morgan fingerprint density at radius 1 is 1.48 bits per heavy atom. The first-order valence-electron chi connectivity index (χ1n) is 7.25. The molecule has 6 nitrogen and oxygen atoms in total. The third-order valence-electron chi connectivity index (χ3n) is 3.53. The number of rotatable bonds is 6. The fraction of sp³-hybridized carbons (Fsp3) is 0.600. The molecule has 2 rings (SSSR count). The van der Waals surface area contributed by atoms with Gasteiger partial charge in [-0.1, -0.05) is 0 Å². The zero-order chi connectivity index (χ0) is 15.4. The lowest BCUT2D eigenvalue weighted by molar-refractivity contribution is 0.117. The zero-order valence-electron chi connectivity index (χ0n) is 12.9. The van der Waals surface area contributed by atoms with E-state index in [1.54, 1.807) is 13.2 Å². The smallest absolute Gasteiger partial charge is 0.322 e. The Bertz CT molecular complexity index is 488. The Morgan fingerprint density at radius 2 is 2.19 bits per heavy atom. The predicted molar refractivity (Wildman–Crippen MR) is 82.0 cm³/mol. The lowest BCUT2D eigenvalue weighted by Gasteiger charge is -2.21. The van der Waals surface area contributed by atoms with Crippen molar-refractivity contribution in [3.63, 3.8) is 0 Å². The van der Waals surface area contributed by atoms with E-state index in [1.165, 1.54) is 4.90 Å². The molecule has 1 atom stereocenters. The number of aliphatic hydroxyl groups is 1. The lowest BCUT2D eigenvalue weighted by Crippen LogP contribution is -2.38. The van der Waals surface area contributed by atoms with Crippen molar-refractivity contribution in [2.24, 2.45) is 5.92 Å². The molecule has 116 valence electrons. The number of aromatic nitrogens is 1. The van der Waals surface area contributed by atoms with E-state index in [0.29, 0.717) is 18.3 Å². The minimum absolute atomic E-state index is 0.246. The molecule has 1 fully saturated rings. The van der Waals surface area contributed by atoms with Crippen LogP contribution in [0.5, 0.6) is 0 Å². The molecule has 1 aromatic heterocycles. The molecule has 0 spiro atoms. The third-order valence-corrected chi connectivity index (χ3v) is 3.53. The normalized spacial score (nSPS) is 15.9. The van der Waals surface area contributed by atoms with Gasteiger partial charge in [-0.05, 0) is 50.6 Å².